The fraction of sp³-hybridized carbons (Fsp3) is 0.412. The number of benzene rings is 1. The van der Waals surface area contributed by atoms with Crippen LogP contribution in [0.1, 0.15) is 16.1 Å². The average Bonchev–Trinajstić information content (AvgIpc) is 3.13. The molecule has 1 amide bonds. The number of amides is 1. The molecule has 1 aromatic carbocycles. The second-order valence-corrected chi connectivity index (χ2v) is 9.35. The molecular formula is C17H19ClF3N5O3S. The van der Waals surface area contributed by atoms with E-state index < -0.39 is 33.6 Å². The highest BCUT2D eigenvalue weighted by Gasteiger charge is 2.42. The molecule has 0 unspecified atom stereocenters. The van der Waals surface area contributed by atoms with E-state index in [2.05, 4.69) is 5.10 Å². The first kappa shape index (κ1) is 22.5. The predicted octanol–water partition coefficient (Wildman–Crippen LogP) is 2.11. The molecule has 13 heteroatoms. The van der Waals surface area contributed by atoms with Crippen molar-refractivity contribution in [1.82, 2.24) is 23.3 Å². The fourth-order valence-electron chi connectivity index (χ4n) is 3.08. The van der Waals surface area contributed by atoms with Crippen molar-refractivity contribution >= 4 is 27.7 Å². The molecule has 8 nitrogen and oxygen atoms in total. The van der Waals surface area contributed by atoms with Gasteiger partial charge in [-0.05, 0) is 24.3 Å². The molecule has 2 heterocycles. The summed E-state index contributed by atoms with van der Waals surface area (Å²) in [5, 5.41) is 4.12. The Hall–Kier alpha value is -2.15. The van der Waals surface area contributed by atoms with Crippen molar-refractivity contribution in [2.75, 3.05) is 40.3 Å². The predicted molar refractivity (Wildman–Crippen MR) is 104 cm³/mol. The van der Waals surface area contributed by atoms with Gasteiger partial charge in [0.15, 0.2) is 5.69 Å². The molecule has 0 aliphatic carbocycles. The van der Waals surface area contributed by atoms with E-state index in [1.807, 2.05) is 0 Å². The molecule has 1 fully saturated rings. The summed E-state index contributed by atoms with van der Waals surface area (Å²) in [4.78, 5) is 14.0. The Morgan fingerprint density at radius 1 is 1.10 bits per heavy atom. The fourth-order valence-corrected chi connectivity index (χ4v) is 4.29. The summed E-state index contributed by atoms with van der Waals surface area (Å²) in [5.41, 5.74) is -1.69. The summed E-state index contributed by atoms with van der Waals surface area (Å²) in [7, 11) is -0.894. The minimum atomic E-state index is -4.84. The summed E-state index contributed by atoms with van der Waals surface area (Å²) in [6.07, 6.45) is -3.96. The molecule has 0 atom stereocenters. The lowest BCUT2D eigenvalue weighted by Gasteiger charge is -2.35. The van der Waals surface area contributed by atoms with Crippen LogP contribution in [0.4, 0.5) is 13.2 Å². The van der Waals surface area contributed by atoms with E-state index in [1.165, 1.54) is 47.6 Å². The molecule has 164 valence electrons. The van der Waals surface area contributed by atoms with Crippen molar-refractivity contribution in [3.8, 4) is 5.69 Å². The zero-order valence-electron chi connectivity index (χ0n) is 16.1. The quantitative estimate of drug-likeness (QED) is 0.693. The maximum absolute atomic E-state index is 13.8. The van der Waals surface area contributed by atoms with Crippen LogP contribution in [0, 0.1) is 0 Å². The standard InChI is InChI=1S/C17H19ClF3N5O3S/c1-23(2)30(28,29)25-9-7-24(8-10-25)16(27)14-11-22-26(15(14)17(19,20)21)13-5-3-12(18)4-6-13/h3-6,11H,7-10H2,1-2H3. The number of halogens is 4. The Morgan fingerprint density at radius 2 is 1.67 bits per heavy atom. The zero-order valence-corrected chi connectivity index (χ0v) is 17.7. The Morgan fingerprint density at radius 3 is 2.17 bits per heavy atom. The third-order valence-electron chi connectivity index (χ3n) is 4.65. The van der Waals surface area contributed by atoms with Crippen molar-refractivity contribution in [1.29, 1.82) is 0 Å². The number of piperazine rings is 1. The van der Waals surface area contributed by atoms with Crippen molar-refractivity contribution in [2.45, 2.75) is 6.18 Å². The molecule has 0 spiro atoms. The van der Waals surface area contributed by atoms with Crippen molar-refractivity contribution < 1.29 is 26.4 Å². The lowest BCUT2D eigenvalue weighted by Crippen LogP contribution is -2.53. The van der Waals surface area contributed by atoms with Gasteiger partial charge in [-0.3, -0.25) is 4.79 Å². The van der Waals surface area contributed by atoms with Crippen LogP contribution in [0.2, 0.25) is 5.02 Å². The van der Waals surface area contributed by atoms with Crippen LogP contribution in [0.25, 0.3) is 5.69 Å². The van der Waals surface area contributed by atoms with Crippen LogP contribution in [0.3, 0.4) is 0 Å². The van der Waals surface area contributed by atoms with Gasteiger partial charge in [0.2, 0.25) is 0 Å². The number of hydrogen-bond acceptors (Lipinski definition) is 4. The first-order chi connectivity index (χ1) is 13.9. The zero-order chi connectivity index (χ0) is 22.3. The summed E-state index contributed by atoms with van der Waals surface area (Å²) in [5.74, 6) is -0.857. The maximum atomic E-state index is 13.8. The van der Waals surface area contributed by atoms with Gasteiger partial charge in [-0.1, -0.05) is 11.6 Å². The molecule has 2 aromatic rings. The third kappa shape index (κ3) is 4.31. The van der Waals surface area contributed by atoms with Gasteiger partial charge in [-0.25, -0.2) is 4.68 Å². The number of hydrogen-bond donors (Lipinski definition) is 0. The van der Waals surface area contributed by atoms with E-state index in [9.17, 15) is 26.4 Å². The number of alkyl halides is 3. The summed E-state index contributed by atoms with van der Waals surface area (Å²) < 4.78 is 68.6. The van der Waals surface area contributed by atoms with E-state index >= 15 is 0 Å². The first-order valence-electron chi connectivity index (χ1n) is 8.81. The van der Waals surface area contributed by atoms with E-state index in [0.717, 1.165) is 10.5 Å². The molecule has 0 bridgehead atoms. The van der Waals surface area contributed by atoms with Gasteiger partial charge in [0, 0.05) is 45.3 Å². The van der Waals surface area contributed by atoms with Crippen LogP contribution in [-0.2, 0) is 16.4 Å². The van der Waals surface area contributed by atoms with Gasteiger partial charge in [0.05, 0.1) is 17.4 Å². The molecule has 0 radical (unpaired) electrons. The molecule has 0 N–H and O–H groups in total. The van der Waals surface area contributed by atoms with Gasteiger partial charge in [-0.15, -0.1) is 0 Å². The Labute approximate surface area is 176 Å². The Kier molecular flexibility index (Phi) is 6.14. The van der Waals surface area contributed by atoms with Crippen LogP contribution >= 0.6 is 11.6 Å². The van der Waals surface area contributed by atoms with Crippen LogP contribution in [0.15, 0.2) is 30.5 Å². The maximum Gasteiger partial charge on any atom is 0.434 e. The molecule has 1 aliphatic rings. The van der Waals surface area contributed by atoms with Gasteiger partial charge in [0.1, 0.15) is 0 Å². The van der Waals surface area contributed by atoms with E-state index in [0.29, 0.717) is 9.70 Å². The van der Waals surface area contributed by atoms with E-state index in [1.54, 1.807) is 0 Å². The average molecular weight is 466 g/mol. The molecule has 3 rings (SSSR count). The third-order valence-corrected chi connectivity index (χ3v) is 6.85. The Balaban J connectivity index is 1.88. The molecule has 1 aliphatic heterocycles. The number of rotatable bonds is 4. The number of nitrogens with zero attached hydrogens (tertiary/aromatic N) is 5. The molecule has 30 heavy (non-hydrogen) atoms. The first-order valence-corrected chi connectivity index (χ1v) is 10.6. The molecule has 1 saturated heterocycles. The molecule has 1 aromatic heterocycles. The summed E-state index contributed by atoms with van der Waals surface area (Å²) in [6.45, 7) is -0.0947. The van der Waals surface area contributed by atoms with Gasteiger partial charge < -0.3 is 4.90 Å². The van der Waals surface area contributed by atoms with Gasteiger partial charge in [0.25, 0.3) is 16.1 Å². The minimum Gasteiger partial charge on any atom is -0.336 e. The normalized spacial score (nSPS) is 16.3. The largest absolute Gasteiger partial charge is 0.434 e. The minimum absolute atomic E-state index is 0.0150. The number of carbonyl (C=O) groups excluding carboxylic acids is 1. The Bertz CT molecular complexity index is 1030. The second-order valence-electron chi connectivity index (χ2n) is 6.77. The van der Waals surface area contributed by atoms with E-state index in [4.69, 9.17) is 11.6 Å². The molecule has 0 saturated carbocycles. The van der Waals surface area contributed by atoms with Gasteiger partial charge >= 0.3 is 6.18 Å². The highest BCUT2D eigenvalue weighted by Crippen LogP contribution is 2.34. The van der Waals surface area contributed by atoms with Crippen molar-refractivity contribution in [3.63, 3.8) is 0 Å². The highest BCUT2D eigenvalue weighted by molar-refractivity contribution is 7.86. The highest BCUT2D eigenvalue weighted by atomic mass is 35.5. The van der Waals surface area contributed by atoms with Crippen LogP contribution in [0.5, 0.6) is 0 Å². The summed E-state index contributed by atoms with van der Waals surface area (Å²) >= 11 is 5.79. The lowest BCUT2D eigenvalue weighted by molar-refractivity contribution is -0.143. The van der Waals surface area contributed by atoms with E-state index in [-0.39, 0.29) is 31.9 Å². The van der Waals surface area contributed by atoms with Crippen LogP contribution < -0.4 is 0 Å². The monoisotopic (exact) mass is 465 g/mol. The van der Waals surface area contributed by atoms with Crippen molar-refractivity contribution in [3.05, 3.63) is 46.7 Å². The smallest absolute Gasteiger partial charge is 0.336 e. The lowest BCUT2D eigenvalue weighted by atomic mass is 10.2. The second kappa shape index (κ2) is 8.17. The molecular weight excluding hydrogens is 447 g/mol. The number of carbonyl (C=O) groups is 1. The summed E-state index contributed by atoms with van der Waals surface area (Å²) in [6, 6.07) is 5.57. The SMILES string of the molecule is CN(C)S(=O)(=O)N1CCN(C(=O)c2cnn(-c3ccc(Cl)cc3)c2C(F)(F)F)CC1. The topological polar surface area (TPSA) is 78.8 Å². The van der Waals surface area contributed by atoms with Gasteiger partial charge in [-0.2, -0.15) is 35.3 Å². The number of aromatic nitrogens is 2. The van der Waals surface area contributed by atoms with Crippen molar-refractivity contribution in [2.24, 2.45) is 0 Å². The van der Waals surface area contributed by atoms with Crippen LogP contribution in [-0.4, -0.2) is 77.9 Å².